The van der Waals surface area contributed by atoms with E-state index in [0.717, 1.165) is 0 Å². The maximum absolute atomic E-state index is 13.5. The Bertz CT molecular complexity index is 1130. The zero-order chi connectivity index (χ0) is 23.6. The molecule has 0 aromatic heterocycles. The molecule has 172 valence electrons. The average molecular weight is 460 g/mol. The Balaban J connectivity index is 2.04. The maximum atomic E-state index is 13.5. The van der Waals surface area contributed by atoms with Gasteiger partial charge < -0.3 is 14.5 Å². The maximum Gasteiger partial charge on any atom is 0.265 e. The minimum Gasteiger partial charge on any atom is -0.476 e. The molecule has 32 heavy (non-hydrogen) atoms. The molecule has 3 rings (SSSR count). The fraction of sp³-hybridized carbons (Fsp3) is 0.391. The number of ether oxygens (including phenoxy) is 1. The van der Waals surface area contributed by atoms with E-state index in [2.05, 4.69) is 0 Å². The minimum atomic E-state index is -3.74. The Morgan fingerprint density at radius 3 is 2.38 bits per heavy atom. The summed E-state index contributed by atoms with van der Waals surface area (Å²) in [5, 5.41) is 0. The normalized spacial score (nSPS) is 15.8. The Hall–Kier alpha value is -2.91. The Labute approximate surface area is 189 Å². The molecule has 0 unspecified atom stereocenters. The van der Waals surface area contributed by atoms with E-state index in [4.69, 9.17) is 4.74 Å². The highest BCUT2D eigenvalue weighted by Crippen LogP contribution is 2.35. The number of amides is 2. The summed E-state index contributed by atoms with van der Waals surface area (Å²) in [7, 11) is -0.482. The molecule has 1 heterocycles. The summed E-state index contributed by atoms with van der Waals surface area (Å²) < 4.78 is 33.4. The molecule has 0 saturated carbocycles. The van der Waals surface area contributed by atoms with Crippen molar-refractivity contribution >= 4 is 27.5 Å². The number of rotatable bonds is 6. The van der Waals surface area contributed by atoms with Crippen molar-refractivity contribution in [3.05, 3.63) is 53.6 Å². The van der Waals surface area contributed by atoms with Crippen LogP contribution in [0.1, 0.15) is 29.8 Å². The second-order valence-corrected chi connectivity index (χ2v) is 9.70. The first-order valence-corrected chi connectivity index (χ1v) is 11.9. The summed E-state index contributed by atoms with van der Waals surface area (Å²) in [6.45, 7) is 5.96. The van der Waals surface area contributed by atoms with Crippen LogP contribution in [0.4, 0.5) is 5.69 Å². The SMILES string of the molecule is CCN(CC)S(=O)(=O)c1cc(C(=O)N2C[C@@H](C(=O)N(C)C)Oc3ccccc32)ccc1C. The lowest BCUT2D eigenvalue weighted by Crippen LogP contribution is -2.50. The lowest BCUT2D eigenvalue weighted by Gasteiger charge is -2.35. The topological polar surface area (TPSA) is 87.2 Å². The third-order valence-electron chi connectivity index (χ3n) is 5.49. The molecule has 2 aromatic carbocycles. The summed E-state index contributed by atoms with van der Waals surface area (Å²) in [6, 6.07) is 11.7. The second-order valence-electron chi connectivity index (χ2n) is 7.79. The highest BCUT2D eigenvalue weighted by atomic mass is 32.2. The average Bonchev–Trinajstić information content (AvgIpc) is 2.78. The van der Waals surface area contributed by atoms with Gasteiger partial charge in [-0.05, 0) is 36.8 Å². The fourth-order valence-electron chi connectivity index (χ4n) is 3.71. The van der Waals surface area contributed by atoms with Gasteiger partial charge in [0.2, 0.25) is 10.0 Å². The lowest BCUT2D eigenvalue weighted by atomic mass is 10.1. The number of likely N-dealkylation sites (N-methyl/N-ethyl adjacent to an activating group) is 1. The largest absolute Gasteiger partial charge is 0.476 e. The number of carbonyl (C=O) groups is 2. The molecule has 0 spiro atoms. The molecule has 0 N–H and O–H groups in total. The van der Waals surface area contributed by atoms with Gasteiger partial charge in [-0.3, -0.25) is 9.59 Å². The monoisotopic (exact) mass is 459 g/mol. The number of carbonyl (C=O) groups excluding carboxylic acids is 2. The van der Waals surface area contributed by atoms with Gasteiger partial charge in [-0.1, -0.05) is 32.0 Å². The number of aryl methyl sites for hydroxylation is 1. The number of nitrogens with zero attached hydrogens (tertiary/aromatic N) is 3. The molecule has 0 saturated heterocycles. The summed E-state index contributed by atoms with van der Waals surface area (Å²) in [6.07, 6.45) is -0.854. The number of fused-ring (bicyclic) bond motifs is 1. The van der Waals surface area contributed by atoms with Crippen molar-refractivity contribution in [2.24, 2.45) is 0 Å². The van der Waals surface area contributed by atoms with Crippen molar-refractivity contribution in [3.8, 4) is 5.75 Å². The van der Waals surface area contributed by atoms with Crippen molar-refractivity contribution < 1.29 is 22.7 Å². The van der Waals surface area contributed by atoms with Crippen LogP contribution in [0.15, 0.2) is 47.4 Å². The molecule has 2 amide bonds. The van der Waals surface area contributed by atoms with Crippen LogP contribution in [0.3, 0.4) is 0 Å². The molecule has 0 bridgehead atoms. The fourth-order valence-corrected chi connectivity index (χ4v) is 5.42. The first-order valence-electron chi connectivity index (χ1n) is 10.5. The van der Waals surface area contributed by atoms with Crippen LogP contribution in [-0.4, -0.2) is 69.3 Å². The van der Waals surface area contributed by atoms with Gasteiger partial charge in [0.05, 0.1) is 17.1 Å². The van der Waals surface area contributed by atoms with Crippen molar-refractivity contribution in [1.82, 2.24) is 9.21 Å². The zero-order valence-corrected chi connectivity index (χ0v) is 19.8. The van der Waals surface area contributed by atoms with Crippen LogP contribution in [0, 0.1) is 6.92 Å². The van der Waals surface area contributed by atoms with Gasteiger partial charge in [0.25, 0.3) is 11.8 Å². The lowest BCUT2D eigenvalue weighted by molar-refractivity contribution is -0.135. The Morgan fingerprint density at radius 1 is 1.09 bits per heavy atom. The number of anilines is 1. The molecule has 1 aliphatic rings. The van der Waals surface area contributed by atoms with Gasteiger partial charge in [0, 0.05) is 32.7 Å². The van der Waals surface area contributed by atoms with Crippen LogP contribution in [0.25, 0.3) is 0 Å². The third-order valence-corrected chi connectivity index (χ3v) is 7.69. The van der Waals surface area contributed by atoms with Crippen LogP contribution in [0.2, 0.25) is 0 Å². The van der Waals surface area contributed by atoms with Crippen LogP contribution in [-0.2, 0) is 14.8 Å². The van der Waals surface area contributed by atoms with Gasteiger partial charge in [-0.15, -0.1) is 0 Å². The molecule has 8 nitrogen and oxygen atoms in total. The number of hydrogen-bond acceptors (Lipinski definition) is 5. The summed E-state index contributed by atoms with van der Waals surface area (Å²) in [5.74, 6) is -0.227. The molecule has 0 radical (unpaired) electrons. The van der Waals surface area contributed by atoms with E-state index in [1.54, 1.807) is 71.3 Å². The molecule has 0 aliphatic carbocycles. The molecule has 1 aliphatic heterocycles. The van der Waals surface area contributed by atoms with E-state index in [0.29, 0.717) is 30.1 Å². The summed E-state index contributed by atoms with van der Waals surface area (Å²) >= 11 is 0. The molecule has 2 aromatic rings. The molecular formula is C23H29N3O5S. The van der Waals surface area contributed by atoms with E-state index < -0.39 is 22.0 Å². The quantitative estimate of drug-likeness (QED) is 0.663. The minimum absolute atomic E-state index is 0.0267. The number of para-hydroxylation sites is 2. The predicted molar refractivity (Wildman–Crippen MR) is 123 cm³/mol. The van der Waals surface area contributed by atoms with E-state index in [1.165, 1.54) is 20.2 Å². The number of hydrogen-bond donors (Lipinski definition) is 0. The van der Waals surface area contributed by atoms with Crippen LogP contribution in [0.5, 0.6) is 5.75 Å². The highest BCUT2D eigenvalue weighted by Gasteiger charge is 2.35. The first kappa shape index (κ1) is 23.7. The van der Waals surface area contributed by atoms with Gasteiger partial charge in [-0.2, -0.15) is 4.31 Å². The van der Waals surface area contributed by atoms with Gasteiger partial charge >= 0.3 is 0 Å². The van der Waals surface area contributed by atoms with Crippen LogP contribution >= 0.6 is 0 Å². The number of benzene rings is 2. The van der Waals surface area contributed by atoms with Gasteiger partial charge in [-0.25, -0.2) is 8.42 Å². The zero-order valence-electron chi connectivity index (χ0n) is 19.0. The van der Waals surface area contributed by atoms with Crippen molar-refractivity contribution in [2.75, 3.05) is 38.6 Å². The van der Waals surface area contributed by atoms with E-state index in [-0.39, 0.29) is 22.9 Å². The van der Waals surface area contributed by atoms with Crippen molar-refractivity contribution in [3.63, 3.8) is 0 Å². The summed E-state index contributed by atoms with van der Waals surface area (Å²) in [5.41, 5.74) is 1.33. The van der Waals surface area contributed by atoms with E-state index >= 15 is 0 Å². The molecular weight excluding hydrogens is 430 g/mol. The highest BCUT2D eigenvalue weighted by molar-refractivity contribution is 7.89. The smallest absolute Gasteiger partial charge is 0.265 e. The van der Waals surface area contributed by atoms with Crippen molar-refractivity contribution in [2.45, 2.75) is 31.8 Å². The van der Waals surface area contributed by atoms with Crippen LogP contribution < -0.4 is 9.64 Å². The van der Waals surface area contributed by atoms with Gasteiger partial charge in [0.1, 0.15) is 5.75 Å². The summed E-state index contributed by atoms with van der Waals surface area (Å²) in [4.78, 5) is 29.1. The van der Waals surface area contributed by atoms with Gasteiger partial charge in [0.15, 0.2) is 6.10 Å². The Morgan fingerprint density at radius 2 is 1.75 bits per heavy atom. The molecule has 9 heteroatoms. The van der Waals surface area contributed by atoms with E-state index in [1.807, 2.05) is 0 Å². The molecule has 1 atom stereocenters. The number of sulfonamides is 1. The molecule has 0 fully saturated rings. The third kappa shape index (κ3) is 4.35. The Kier molecular flexibility index (Phi) is 6.90. The standard InChI is InChI=1S/C23H29N3O5S/c1-6-25(7-2)32(29,30)21-14-17(13-12-16(21)3)22(27)26-15-20(23(28)24(4)5)31-19-11-9-8-10-18(19)26/h8-14,20H,6-7,15H2,1-5H3/t20-/m0/s1. The first-order chi connectivity index (χ1) is 15.1. The predicted octanol–water partition coefficient (Wildman–Crippen LogP) is 2.52. The van der Waals surface area contributed by atoms with E-state index in [9.17, 15) is 18.0 Å². The second kappa shape index (κ2) is 9.30. The van der Waals surface area contributed by atoms with Crippen molar-refractivity contribution in [1.29, 1.82) is 0 Å².